The summed E-state index contributed by atoms with van der Waals surface area (Å²) in [4.78, 5) is 17.4. The lowest BCUT2D eigenvalue weighted by atomic mass is 10.1. The molecule has 0 bridgehead atoms. The van der Waals surface area contributed by atoms with E-state index in [4.69, 9.17) is 5.11 Å². The Balaban J connectivity index is 1.71. The number of rotatable bonds is 7. The number of nitrogens with zero attached hydrogens (tertiary/aromatic N) is 2. The van der Waals surface area contributed by atoms with Crippen molar-refractivity contribution in [2.75, 3.05) is 39.3 Å². The van der Waals surface area contributed by atoms with Crippen LogP contribution in [-0.2, 0) is 13.0 Å². The van der Waals surface area contributed by atoms with Crippen LogP contribution in [0.3, 0.4) is 0 Å². The number of carbonyl (C=O) groups is 1. The Morgan fingerprint density at radius 2 is 2.48 bits per heavy atom. The Morgan fingerprint density at radius 1 is 1.62 bits per heavy atom. The van der Waals surface area contributed by atoms with Gasteiger partial charge >= 0.3 is 6.03 Å². The van der Waals surface area contributed by atoms with Crippen LogP contribution in [0, 0.1) is 0 Å². The van der Waals surface area contributed by atoms with Gasteiger partial charge in [-0.3, -0.25) is 4.90 Å². The van der Waals surface area contributed by atoms with E-state index in [1.54, 1.807) is 11.0 Å². The zero-order chi connectivity index (χ0) is 15.1. The number of nitrogens with one attached hydrogen (secondary N) is 1. The molecule has 2 rings (SSSR count). The Hall–Kier alpha value is -1.37. The highest BCUT2D eigenvalue weighted by molar-refractivity contribution is 7.10. The third kappa shape index (κ3) is 4.56. The van der Waals surface area contributed by atoms with Gasteiger partial charge in [0.1, 0.15) is 0 Å². The van der Waals surface area contributed by atoms with E-state index in [1.807, 2.05) is 11.3 Å². The number of fused-ring (bicyclic) bond motifs is 1. The summed E-state index contributed by atoms with van der Waals surface area (Å²) in [6.45, 7) is 7.87. The monoisotopic (exact) mass is 309 g/mol. The molecule has 2 heterocycles. The quantitative estimate of drug-likeness (QED) is 0.747. The summed E-state index contributed by atoms with van der Waals surface area (Å²) in [6, 6.07) is 2.05. The van der Waals surface area contributed by atoms with Gasteiger partial charge in [0.25, 0.3) is 0 Å². The molecule has 0 aliphatic carbocycles. The second-order valence-corrected chi connectivity index (χ2v) is 6.09. The van der Waals surface area contributed by atoms with Crippen molar-refractivity contribution in [3.63, 3.8) is 0 Å². The molecule has 2 N–H and O–H groups in total. The average Bonchev–Trinajstić information content (AvgIpc) is 2.94. The van der Waals surface area contributed by atoms with Gasteiger partial charge in [-0.05, 0) is 23.4 Å². The molecule has 0 unspecified atom stereocenters. The minimum Gasteiger partial charge on any atom is -0.395 e. The highest BCUT2D eigenvalue weighted by atomic mass is 32.1. The van der Waals surface area contributed by atoms with Crippen molar-refractivity contribution < 1.29 is 9.90 Å². The second-order valence-electron chi connectivity index (χ2n) is 5.09. The lowest BCUT2D eigenvalue weighted by Gasteiger charge is -2.27. The molecule has 21 heavy (non-hydrogen) atoms. The molecule has 1 aromatic heterocycles. The van der Waals surface area contributed by atoms with Gasteiger partial charge in [0.15, 0.2) is 0 Å². The van der Waals surface area contributed by atoms with E-state index in [-0.39, 0.29) is 12.6 Å². The molecule has 0 fully saturated rings. The number of hydrogen-bond donors (Lipinski definition) is 2. The van der Waals surface area contributed by atoms with Gasteiger partial charge in [0.2, 0.25) is 0 Å². The van der Waals surface area contributed by atoms with Crippen LogP contribution in [0.5, 0.6) is 0 Å². The number of aliphatic hydroxyl groups excluding tert-OH is 1. The Bertz CT molecular complexity index is 475. The number of urea groups is 1. The van der Waals surface area contributed by atoms with Crippen molar-refractivity contribution in [2.24, 2.45) is 0 Å². The van der Waals surface area contributed by atoms with Gasteiger partial charge in [-0.15, -0.1) is 17.9 Å². The predicted octanol–water partition coefficient (Wildman–Crippen LogP) is 1.30. The largest absolute Gasteiger partial charge is 0.395 e. The third-order valence-electron chi connectivity index (χ3n) is 3.60. The molecule has 5 nitrogen and oxygen atoms in total. The van der Waals surface area contributed by atoms with Crippen molar-refractivity contribution in [3.05, 3.63) is 34.5 Å². The molecule has 6 heteroatoms. The van der Waals surface area contributed by atoms with E-state index < -0.39 is 0 Å². The van der Waals surface area contributed by atoms with E-state index >= 15 is 0 Å². The highest BCUT2D eigenvalue weighted by Gasteiger charge is 2.17. The number of thiophene rings is 1. The summed E-state index contributed by atoms with van der Waals surface area (Å²) >= 11 is 1.83. The lowest BCUT2D eigenvalue weighted by Crippen LogP contribution is -2.44. The molecule has 2 amide bonds. The van der Waals surface area contributed by atoms with E-state index in [0.29, 0.717) is 19.6 Å². The average molecular weight is 309 g/mol. The van der Waals surface area contributed by atoms with Crippen molar-refractivity contribution in [1.82, 2.24) is 15.1 Å². The summed E-state index contributed by atoms with van der Waals surface area (Å²) in [5.74, 6) is 0. The standard InChI is InChI=1S/C15H23N3O2S/c1-2-6-18(9-10-19)15(20)16-5-8-17-7-3-14-13(12-17)4-11-21-14/h2,4,11,19H,1,3,5-10,12H2,(H,16,20). The number of aliphatic hydroxyl groups is 1. The number of carbonyl (C=O) groups excluding carboxylic acids is 1. The molecule has 1 aliphatic heterocycles. The van der Waals surface area contributed by atoms with Crippen molar-refractivity contribution >= 4 is 17.4 Å². The van der Waals surface area contributed by atoms with Crippen LogP contribution >= 0.6 is 11.3 Å². The van der Waals surface area contributed by atoms with E-state index in [0.717, 1.165) is 26.1 Å². The maximum Gasteiger partial charge on any atom is 0.317 e. The fraction of sp³-hybridized carbons (Fsp3) is 0.533. The minimum absolute atomic E-state index is 0.0334. The maximum atomic E-state index is 12.0. The SMILES string of the molecule is C=CCN(CCO)C(=O)NCCN1CCc2sccc2C1. The van der Waals surface area contributed by atoms with Crippen LogP contribution < -0.4 is 5.32 Å². The molecule has 0 saturated carbocycles. The van der Waals surface area contributed by atoms with Crippen molar-refractivity contribution in [1.29, 1.82) is 0 Å². The summed E-state index contributed by atoms with van der Waals surface area (Å²) in [5.41, 5.74) is 1.42. The third-order valence-corrected chi connectivity index (χ3v) is 4.62. The molecule has 0 spiro atoms. The molecule has 1 aromatic rings. The summed E-state index contributed by atoms with van der Waals surface area (Å²) in [6.07, 6.45) is 2.77. The summed E-state index contributed by atoms with van der Waals surface area (Å²) < 4.78 is 0. The molecule has 0 atom stereocenters. The minimum atomic E-state index is -0.141. The lowest BCUT2D eigenvalue weighted by molar-refractivity contribution is 0.181. The number of hydrogen-bond acceptors (Lipinski definition) is 4. The first-order chi connectivity index (χ1) is 10.2. The van der Waals surface area contributed by atoms with Crippen molar-refractivity contribution in [3.8, 4) is 0 Å². The van der Waals surface area contributed by atoms with Gasteiger partial charge in [0.05, 0.1) is 6.61 Å². The molecular weight excluding hydrogens is 286 g/mol. The highest BCUT2D eigenvalue weighted by Crippen LogP contribution is 2.23. The van der Waals surface area contributed by atoms with Crippen LogP contribution in [-0.4, -0.2) is 60.3 Å². The van der Waals surface area contributed by atoms with E-state index in [1.165, 1.54) is 10.4 Å². The van der Waals surface area contributed by atoms with Gasteiger partial charge in [-0.2, -0.15) is 0 Å². The normalized spacial score (nSPS) is 14.5. The van der Waals surface area contributed by atoms with Crippen LogP contribution in [0.1, 0.15) is 10.4 Å². The zero-order valence-electron chi connectivity index (χ0n) is 12.3. The van der Waals surface area contributed by atoms with Crippen LogP contribution in [0.15, 0.2) is 24.1 Å². The topological polar surface area (TPSA) is 55.8 Å². The first-order valence-electron chi connectivity index (χ1n) is 7.26. The summed E-state index contributed by atoms with van der Waals surface area (Å²) in [5, 5.41) is 14.0. The van der Waals surface area contributed by atoms with Gasteiger partial charge in [-0.25, -0.2) is 4.79 Å². The molecule has 0 aromatic carbocycles. The van der Waals surface area contributed by atoms with E-state index in [2.05, 4.69) is 28.2 Å². The smallest absolute Gasteiger partial charge is 0.317 e. The first kappa shape index (κ1) is 16.0. The first-order valence-corrected chi connectivity index (χ1v) is 8.14. The Morgan fingerprint density at radius 3 is 3.24 bits per heavy atom. The van der Waals surface area contributed by atoms with Crippen LogP contribution in [0.25, 0.3) is 0 Å². The Kier molecular flexibility index (Phi) is 6.22. The fourth-order valence-electron chi connectivity index (χ4n) is 2.48. The van der Waals surface area contributed by atoms with Crippen LogP contribution in [0.2, 0.25) is 0 Å². The molecule has 1 aliphatic rings. The van der Waals surface area contributed by atoms with E-state index in [9.17, 15) is 4.79 Å². The molecule has 0 radical (unpaired) electrons. The molecule has 116 valence electrons. The zero-order valence-corrected chi connectivity index (χ0v) is 13.1. The van der Waals surface area contributed by atoms with Gasteiger partial charge in [-0.1, -0.05) is 6.08 Å². The predicted molar refractivity (Wildman–Crippen MR) is 85.6 cm³/mol. The van der Waals surface area contributed by atoms with Gasteiger partial charge in [0, 0.05) is 44.1 Å². The maximum absolute atomic E-state index is 12.0. The van der Waals surface area contributed by atoms with Crippen LogP contribution in [0.4, 0.5) is 4.79 Å². The second kappa shape index (κ2) is 8.17. The Labute approximate surface area is 129 Å². The van der Waals surface area contributed by atoms with Crippen molar-refractivity contribution in [2.45, 2.75) is 13.0 Å². The summed E-state index contributed by atoms with van der Waals surface area (Å²) in [7, 11) is 0. The van der Waals surface area contributed by atoms with Gasteiger partial charge < -0.3 is 15.3 Å². The molecule has 0 saturated heterocycles. The molecular formula is C15H23N3O2S. The number of amides is 2. The fourth-order valence-corrected chi connectivity index (χ4v) is 3.37.